The average Bonchev–Trinajstić information content (AvgIpc) is 2.75. The fourth-order valence-corrected chi connectivity index (χ4v) is 2.00. The maximum absolute atomic E-state index is 11.8. The zero-order valence-corrected chi connectivity index (χ0v) is 11.0. The van der Waals surface area contributed by atoms with Crippen LogP contribution in [0.3, 0.4) is 0 Å². The Balaban J connectivity index is 1.95. The number of benzene rings is 1. The molecule has 1 heterocycles. The van der Waals surface area contributed by atoms with Crippen LogP contribution in [0.4, 0.5) is 4.79 Å². The van der Waals surface area contributed by atoms with E-state index in [0.29, 0.717) is 0 Å². The highest BCUT2D eigenvalue weighted by Gasteiger charge is 2.50. The van der Waals surface area contributed by atoms with Crippen molar-refractivity contribution in [1.29, 1.82) is 0 Å². The van der Waals surface area contributed by atoms with Crippen molar-refractivity contribution >= 4 is 17.8 Å². The van der Waals surface area contributed by atoms with Crippen LogP contribution in [0.25, 0.3) is 0 Å². The van der Waals surface area contributed by atoms with Crippen LogP contribution in [0.2, 0.25) is 0 Å². The quantitative estimate of drug-likeness (QED) is 0.842. The largest absolute Gasteiger partial charge is 0.480 e. The van der Waals surface area contributed by atoms with E-state index in [1.807, 2.05) is 30.3 Å². The van der Waals surface area contributed by atoms with Gasteiger partial charge in [-0.15, -0.1) is 0 Å². The highest BCUT2D eigenvalue weighted by atomic mass is 16.6. The van der Waals surface area contributed by atoms with Gasteiger partial charge in [0.15, 0.2) is 5.78 Å². The van der Waals surface area contributed by atoms with Crippen molar-refractivity contribution in [2.24, 2.45) is 5.41 Å². The molecule has 1 fully saturated rings. The van der Waals surface area contributed by atoms with Crippen LogP contribution in [-0.2, 0) is 20.9 Å². The lowest BCUT2D eigenvalue weighted by atomic mass is 9.89. The summed E-state index contributed by atoms with van der Waals surface area (Å²) in [7, 11) is 0. The first-order chi connectivity index (χ1) is 9.43. The number of hydrogen-bond acceptors (Lipinski definition) is 4. The van der Waals surface area contributed by atoms with Gasteiger partial charge in [0, 0.05) is 6.54 Å². The Hall–Kier alpha value is -2.37. The third-order valence-corrected chi connectivity index (χ3v) is 3.39. The van der Waals surface area contributed by atoms with E-state index >= 15 is 0 Å². The molecule has 0 aliphatic carbocycles. The monoisotopic (exact) mass is 277 g/mol. The summed E-state index contributed by atoms with van der Waals surface area (Å²) in [6.07, 6.45) is -0.674. The molecule has 0 unspecified atom stereocenters. The summed E-state index contributed by atoms with van der Waals surface area (Å²) in [4.78, 5) is 35.7. The summed E-state index contributed by atoms with van der Waals surface area (Å²) in [6, 6.07) is 9.12. The number of ketones is 1. The Bertz CT molecular complexity index is 542. The molecule has 1 N–H and O–H groups in total. The fraction of sp³-hybridized carbons (Fsp3) is 0.357. The Labute approximate surface area is 115 Å². The van der Waals surface area contributed by atoms with E-state index in [2.05, 4.69) is 0 Å². The summed E-state index contributed by atoms with van der Waals surface area (Å²) in [5.74, 6) is -1.71. The predicted molar refractivity (Wildman–Crippen MR) is 68.9 cm³/mol. The van der Waals surface area contributed by atoms with E-state index in [1.54, 1.807) is 0 Å². The van der Waals surface area contributed by atoms with Crippen LogP contribution in [0, 0.1) is 5.41 Å². The lowest BCUT2D eigenvalue weighted by Crippen LogP contribution is -2.37. The number of carbonyl (C=O) groups is 3. The molecular formula is C14H15NO5. The first-order valence-electron chi connectivity index (χ1n) is 6.16. The fourth-order valence-electron chi connectivity index (χ4n) is 2.00. The predicted octanol–water partition coefficient (Wildman–Crippen LogP) is 1.30. The van der Waals surface area contributed by atoms with Gasteiger partial charge in [-0.2, -0.15) is 0 Å². The summed E-state index contributed by atoms with van der Waals surface area (Å²) >= 11 is 0. The molecule has 6 nitrogen and oxygen atoms in total. The Morgan fingerprint density at radius 1 is 1.35 bits per heavy atom. The SMILES string of the molecule is C[C@@]1(C(=O)O)CN(C(=O)OCc2ccccc2)CC1=O. The minimum absolute atomic E-state index is 0.0914. The van der Waals surface area contributed by atoms with Crippen LogP contribution >= 0.6 is 0 Å². The summed E-state index contributed by atoms with van der Waals surface area (Å²) in [5, 5.41) is 9.05. The van der Waals surface area contributed by atoms with Gasteiger partial charge in [0.1, 0.15) is 12.0 Å². The molecule has 1 saturated heterocycles. The number of hydrogen-bond donors (Lipinski definition) is 1. The van der Waals surface area contributed by atoms with E-state index in [4.69, 9.17) is 9.84 Å². The van der Waals surface area contributed by atoms with Gasteiger partial charge in [-0.25, -0.2) is 4.79 Å². The highest BCUT2D eigenvalue weighted by molar-refractivity contribution is 6.06. The molecule has 1 aromatic carbocycles. The van der Waals surface area contributed by atoms with E-state index in [-0.39, 0.29) is 19.7 Å². The Morgan fingerprint density at radius 2 is 2.00 bits per heavy atom. The molecule has 106 valence electrons. The van der Waals surface area contributed by atoms with Crippen molar-refractivity contribution in [2.75, 3.05) is 13.1 Å². The van der Waals surface area contributed by atoms with E-state index in [1.165, 1.54) is 6.92 Å². The summed E-state index contributed by atoms with van der Waals surface area (Å²) in [6.45, 7) is 1.03. The van der Waals surface area contributed by atoms with Crippen molar-refractivity contribution in [2.45, 2.75) is 13.5 Å². The van der Waals surface area contributed by atoms with Crippen LogP contribution in [0.1, 0.15) is 12.5 Å². The minimum Gasteiger partial charge on any atom is -0.480 e. The van der Waals surface area contributed by atoms with E-state index in [0.717, 1.165) is 10.5 Å². The zero-order valence-electron chi connectivity index (χ0n) is 11.0. The van der Waals surface area contributed by atoms with Crippen LogP contribution in [-0.4, -0.2) is 40.9 Å². The molecular weight excluding hydrogens is 262 g/mol. The summed E-state index contributed by atoms with van der Waals surface area (Å²) in [5.41, 5.74) is -0.710. The molecule has 1 aliphatic heterocycles. The van der Waals surface area contributed by atoms with Crippen molar-refractivity contribution in [1.82, 2.24) is 4.90 Å². The number of aliphatic carboxylic acids is 1. The second kappa shape index (κ2) is 5.32. The van der Waals surface area contributed by atoms with Crippen molar-refractivity contribution < 1.29 is 24.2 Å². The van der Waals surface area contributed by atoms with Crippen molar-refractivity contribution in [3.63, 3.8) is 0 Å². The number of carboxylic acid groups (broad SMARTS) is 1. The molecule has 1 amide bonds. The molecule has 0 radical (unpaired) electrons. The van der Waals surface area contributed by atoms with Crippen LogP contribution in [0.5, 0.6) is 0 Å². The standard InChI is InChI=1S/C14H15NO5/c1-14(12(17)18)9-15(7-11(14)16)13(19)20-8-10-5-3-2-4-6-10/h2-6H,7-9H2,1H3,(H,17,18)/t14-/m1/s1. The Kier molecular flexibility index (Phi) is 3.74. The molecule has 0 spiro atoms. The van der Waals surface area contributed by atoms with Gasteiger partial charge in [-0.05, 0) is 12.5 Å². The number of carbonyl (C=O) groups excluding carboxylic acids is 2. The van der Waals surface area contributed by atoms with Gasteiger partial charge in [0.2, 0.25) is 0 Å². The van der Waals surface area contributed by atoms with Gasteiger partial charge >= 0.3 is 12.1 Å². The van der Waals surface area contributed by atoms with Crippen LogP contribution in [0.15, 0.2) is 30.3 Å². The number of carboxylic acids is 1. The third-order valence-electron chi connectivity index (χ3n) is 3.39. The second-order valence-electron chi connectivity index (χ2n) is 4.96. The number of ether oxygens (including phenoxy) is 1. The number of likely N-dealkylation sites (tertiary alicyclic amines) is 1. The van der Waals surface area contributed by atoms with Gasteiger partial charge < -0.3 is 9.84 Å². The van der Waals surface area contributed by atoms with Crippen molar-refractivity contribution in [3.05, 3.63) is 35.9 Å². The van der Waals surface area contributed by atoms with Gasteiger partial charge in [0.25, 0.3) is 0 Å². The molecule has 1 atom stereocenters. The molecule has 2 rings (SSSR count). The first kappa shape index (κ1) is 14.0. The maximum atomic E-state index is 11.8. The number of Topliss-reactive ketones (excluding diaryl/α,β-unsaturated/α-hetero) is 1. The molecule has 0 aromatic heterocycles. The molecule has 1 aliphatic rings. The minimum atomic E-state index is -1.54. The third kappa shape index (κ3) is 2.64. The van der Waals surface area contributed by atoms with E-state index < -0.39 is 23.3 Å². The molecule has 20 heavy (non-hydrogen) atoms. The second-order valence-corrected chi connectivity index (χ2v) is 4.96. The first-order valence-corrected chi connectivity index (χ1v) is 6.16. The molecule has 1 aromatic rings. The lowest BCUT2D eigenvalue weighted by molar-refractivity contribution is -0.151. The normalized spacial score (nSPS) is 21.9. The topological polar surface area (TPSA) is 83.9 Å². The molecule has 0 saturated carbocycles. The molecule has 6 heteroatoms. The number of rotatable bonds is 3. The maximum Gasteiger partial charge on any atom is 0.410 e. The van der Waals surface area contributed by atoms with Crippen LogP contribution < -0.4 is 0 Å². The average molecular weight is 277 g/mol. The lowest BCUT2D eigenvalue weighted by Gasteiger charge is -2.18. The molecule has 0 bridgehead atoms. The zero-order chi connectivity index (χ0) is 14.8. The number of amides is 1. The Morgan fingerprint density at radius 3 is 2.55 bits per heavy atom. The highest BCUT2D eigenvalue weighted by Crippen LogP contribution is 2.27. The van der Waals surface area contributed by atoms with Gasteiger partial charge in [-0.1, -0.05) is 30.3 Å². The smallest absolute Gasteiger partial charge is 0.410 e. The summed E-state index contributed by atoms with van der Waals surface area (Å²) < 4.78 is 5.08. The van der Waals surface area contributed by atoms with Gasteiger partial charge in [-0.3, -0.25) is 14.5 Å². The number of nitrogens with zero attached hydrogens (tertiary/aromatic N) is 1. The van der Waals surface area contributed by atoms with Crippen molar-refractivity contribution in [3.8, 4) is 0 Å². The van der Waals surface area contributed by atoms with Gasteiger partial charge in [0.05, 0.1) is 6.54 Å². The van der Waals surface area contributed by atoms with E-state index in [9.17, 15) is 14.4 Å².